The van der Waals surface area contributed by atoms with Crippen LogP contribution in [-0.4, -0.2) is 29.3 Å². The minimum Gasteiger partial charge on any atom is -0.486 e. The number of carbonyl (C=O) groups is 1. The number of benzene rings is 1. The highest BCUT2D eigenvalue weighted by atomic mass is 32.2. The Labute approximate surface area is 188 Å². The molecule has 0 radical (unpaired) electrons. The largest absolute Gasteiger partial charge is 0.486 e. The van der Waals surface area contributed by atoms with Crippen molar-refractivity contribution < 1.29 is 14.3 Å². The highest BCUT2D eigenvalue weighted by Crippen LogP contribution is 2.37. The monoisotopic (exact) mass is 473 g/mol. The summed E-state index contributed by atoms with van der Waals surface area (Å²) in [5.41, 5.74) is 0.992. The van der Waals surface area contributed by atoms with Crippen molar-refractivity contribution in [2.75, 3.05) is 18.5 Å². The molecule has 1 aliphatic rings. The summed E-state index contributed by atoms with van der Waals surface area (Å²) in [5.74, 6) is 2.15. The molecule has 1 N–H and O–H groups in total. The zero-order chi connectivity index (χ0) is 20.3. The van der Waals surface area contributed by atoms with Crippen LogP contribution in [0.4, 0.5) is 5.13 Å². The summed E-state index contributed by atoms with van der Waals surface area (Å²) < 4.78 is 12.1. The average Bonchev–Trinajstić information content (AvgIpc) is 3.53. The lowest BCUT2D eigenvalue weighted by atomic mass is 10.1. The molecule has 0 saturated carbocycles. The minimum atomic E-state index is -0.185. The maximum absolute atomic E-state index is 12.6. The Kier molecular flexibility index (Phi) is 5.71. The molecule has 5 rings (SSSR count). The van der Waals surface area contributed by atoms with Crippen molar-refractivity contribution in [1.29, 1.82) is 0 Å². The number of thioether (sulfide) groups is 1. The molecular formula is C20H15N3O3S4. The Bertz CT molecular complexity index is 1170. The van der Waals surface area contributed by atoms with Crippen LogP contribution in [0.5, 0.6) is 11.5 Å². The third kappa shape index (κ3) is 4.36. The number of amides is 1. The zero-order valence-electron chi connectivity index (χ0n) is 15.5. The lowest BCUT2D eigenvalue weighted by Crippen LogP contribution is -2.15. The first-order valence-electron chi connectivity index (χ1n) is 9.04. The first-order valence-corrected chi connectivity index (χ1v) is 12.5. The van der Waals surface area contributed by atoms with Gasteiger partial charge >= 0.3 is 0 Å². The van der Waals surface area contributed by atoms with Crippen LogP contribution >= 0.6 is 45.8 Å². The maximum atomic E-state index is 12.6. The lowest BCUT2D eigenvalue weighted by Gasteiger charge is -2.18. The van der Waals surface area contributed by atoms with Gasteiger partial charge in [0.25, 0.3) is 5.91 Å². The predicted molar refractivity (Wildman–Crippen MR) is 122 cm³/mol. The molecule has 6 nitrogen and oxygen atoms in total. The van der Waals surface area contributed by atoms with E-state index in [0.717, 1.165) is 32.0 Å². The Morgan fingerprint density at radius 3 is 2.83 bits per heavy atom. The van der Waals surface area contributed by atoms with Gasteiger partial charge in [-0.25, -0.2) is 0 Å². The van der Waals surface area contributed by atoms with E-state index in [2.05, 4.69) is 27.0 Å². The summed E-state index contributed by atoms with van der Waals surface area (Å²) in [7, 11) is 0. The maximum Gasteiger partial charge on any atom is 0.267 e. The third-order valence-electron chi connectivity index (χ3n) is 4.20. The molecular weight excluding hydrogens is 459 g/mol. The van der Waals surface area contributed by atoms with Crippen LogP contribution in [0.25, 0.3) is 10.4 Å². The number of thiophene rings is 2. The molecule has 1 aliphatic heterocycles. The fourth-order valence-electron chi connectivity index (χ4n) is 2.82. The normalized spacial score (nSPS) is 12.7. The number of rotatable bonds is 6. The first-order chi connectivity index (χ1) is 14.7. The number of nitrogens with one attached hydrogen (secondary N) is 1. The molecule has 10 heteroatoms. The van der Waals surface area contributed by atoms with E-state index in [1.807, 2.05) is 36.4 Å². The zero-order valence-corrected chi connectivity index (χ0v) is 18.8. The van der Waals surface area contributed by atoms with Gasteiger partial charge < -0.3 is 9.47 Å². The highest BCUT2D eigenvalue weighted by Gasteiger charge is 2.16. The molecule has 4 aromatic rings. The molecule has 0 unspecified atom stereocenters. The summed E-state index contributed by atoms with van der Waals surface area (Å²) >= 11 is 6.14. The summed E-state index contributed by atoms with van der Waals surface area (Å²) in [5, 5.41) is 13.7. The van der Waals surface area contributed by atoms with Crippen molar-refractivity contribution in [3.63, 3.8) is 0 Å². The van der Waals surface area contributed by atoms with Gasteiger partial charge in [-0.05, 0) is 47.3 Å². The fraction of sp³-hybridized carbons (Fsp3) is 0.150. The Balaban J connectivity index is 1.24. The van der Waals surface area contributed by atoms with E-state index < -0.39 is 0 Å². The van der Waals surface area contributed by atoms with Gasteiger partial charge in [0.15, 0.2) is 15.8 Å². The quantitative estimate of drug-likeness (QED) is 0.288. The first kappa shape index (κ1) is 19.6. The molecule has 4 heterocycles. The second-order valence-electron chi connectivity index (χ2n) is 6.22. The number of nitrogens with zero attached hydrogens (tertiary/aromatic N) is 2. The Hall–Kier alpha value is -2.40. The fourth-order valence-corrected chi connectivity index (χ4v) is 6.23. The van der Waals surface area contributed by atoms with Gasteiger partial charge in [-0.2, -0.15) is 0 Å². The van der Waals surface area contributed by atoms with Crippen molar-refractivity contribution in [1.82, 2.24) is 10.2 Å². The van der Waals surface area contributed by atoms with Crippen molar-refractivity contribution in [2.45, 2.75) is 10.1 Å². The van der Waals surface area contributed by atoms with Gasteiger partial charge in [0, 0.05) is 15.5 Å². The number of aromatic nitrogens is 2. The van der Waals surface area contributed by atoms with Gasteiger partial charge in [0.05, 0.1) is 4.88 Å². The van der Waals surface area contributed by atoms with E-state index in [0.29, 0.717) is 23.2 Å². The number of fused-ring (bicyclic) bond motifs is 1. The van der Waals surface area contributed by atoms with Gasteiger partial charge in [-0.15, -0.1) is 32.9 Å². The summed E-state index contributed by atoms with van der Waals surface area (Å²) in [6.45, 7) is 1.11. The van der Waals surface area contributed by atoms with Crippen LogP contribution in [0, 0.1) is 0 Å². The molecule has 0 spiro atoms. The Morgan fingerprint density at radius 1 is 1.07 bits per heavy atom. The van der Waals surface area contributed by atoms with E-state index in [9.17, 15) is 4.79 Å². The van der Waals surface area contributed by atoms with Gasteiger partial charge in [0.1, 0.15) is 13.2 Å². The Morgan fingerprint density at radius 2 is 1.97 bits per heavy atom. The summed E-state index contributed by atoms with van der Waals surface area (Å²) in [6, 6.07) is 13.7. The van der Waals surface area contributed by atoms with Gasteiger partial charge in [-0.3, -0.25) is 10.1 Å². The van der Waals surface area contributed by atoms with E-state index >= 15 is 0 Å². The topological polar surface area (TPSA) is 73.3 Å². The van der Waals surface area contributed by atoms with E-state index in [-0.39, 0.29) is 5.91 Å². The molecule has 152 valence electrons. The van der Waals surface area contributed by atoms with E-state index in [1.165, 1.54) is 27.6 Å². The lowest BCUT2D eigenvalue weighted by molar-refractivity contribution is 0.103. The molecule has 1 aromatic carbocycles. The molecule has 30 heavy (non-hydrogen) atoms. The minimum absolute atomic E-state index is 0.185. The molecule has 0 fully saturated rings. The van der Waals surface area contributed by atoms with Crippen LogP contribution in [0.1, 0.15) is 14.5 Å². The van der Waals surface area contributed by atoms with Crippen molar-refractivity contribution in [2.24, 2.45) is 0 Å². The van der Waals surface area contributed by atoms with Crippen molar-refractivity contribution >= 4 is 56.8 Å². The number of carbonyl (C=O) groups excluding carboxylic acids is 1. The molecule has 0 saturated heterocycles. The number of anilines is 1. The van der Waals surface area contributed by atoms with E-state index in [1.54, 1.807) is 23.1 Å². The van der Waals surface area contributed by atoms with Crippen LogP contribution in [0.15, 0.2) is 52.2 Å². The van der Waals surface area contributed by atoms with Crippen LogP contribution < -0.4 is 14.8 Å². The van der Waals surface area contributed by atoms with Crippen LogP contribution in [-0.2, 0) is 5.75 Å². The predicted octanol–water partition coefficient (Wildman–Crippen LogP) is 5.64. The summed E-state index contributed by atoms with van der Waals surface area (Å²) in [6.07, 6.45) is 0. The van der Waals surface area contributed by atoms with Crippen LogP contribution in [0.3, 0.4) is 0 Å². The molecule has 1 amide bonds. The third-order valence-corrected chi connectivity index (χ3v) is 8.41. The molecule has 3 aromatic heterocycles. The molecule has 0 aliphatic carbocycles. The number of hydrogen-bond acceptors (Lipinski definition) is 9. The van der Waals surface area contributed by atoms with Crippen molar-refractivity contribution in [3.05, 3.63) is 57.6 Å². The number of hydrogen-bond donors (Lipinski definition) is 1. The smallest absolute Gasteiger partial charge is 0.267 e. The second-order valence-corrected chi connectivity index (χ2v) is 10.5. The second kappa shape index (κ2) is 8.76. The molecule has 0 atom stereocenters. The van der Waals surface area contributed by atoms with Gasteiger partial charge in [0.2, 0.25) is 5.13 Å². The summed E-state index contributed by atoms with van der Waals surface area (Å²) in [4.78, 5) is 15.5. The van der Waals surface area contributed by atoms with E-state index in [4.69, 9.17) is 9.47 Å². The van der Waals surface area contributed by atoms with Crippen LogP contribution in [0.2, 0.25) is 0 Å². The highest BCUT2D eigenvalue weighted by molar-refractivity contribution is 8.00. The average molecular weight is 474 g/mol. The SMILES string of the molecule is O=C(Nc1nnc(SCc2cccs2)s1)c1ccc(-c2ccc3c(c2)OCCO3)s1. The molecule has 0 bridgehead atoms. The standard InChI is InChI=1S/C20H15N3O3S4/c24-18(21-19-22-23-20(30-19)28-11-13-2-1-9-27-13)17-6-5-16(29-17)12-3-4-14-15(10-12)26-8-7-25-14/h1-6,9-10H,7-8,11H2,(H,21,22,24). The van der Waals surface area contributed by atoms with Gasteiger partial charge in [-0.1, -0.05) is 29.2 Å². The van der Waals surface area contributed by atoms with Crippen molar-refractivity contribution in [3.8, 4) is 21.9 Å². The number of ether oxygens (including phenoxy) is 2.